The topological polar surface area (TPSA) is 96.9 Å². The first-order valence-corrected chi connectivity index (χ1v) is 11.2. The van der Waals surface area contributed by atoms with Gasteiger partial charge in [0, 0.05) is 23.1 Å². The summed E-state index contributed by atoms with van der Waals surface area (Å²) < 4.78 is 5.61. The molecule has 2 aromatic heterocycles. The number of nitrogens with two attached hydrogens (primary N) is 1. The summed E-state index contributed by atoms with van der Waals surface area (Å²) in [4.78, 5) is 20.6. The van der Waals surface area contributed by atoms with Gasteiger partial charge in [-0.1, -0.05) is 18.2 Å². The third-order valence-electron chi connectivity index (χ3n) is 7.71. The molecule has 1 amide bonds. The predicted octanol–water partition coefficient (Wildman–Crippen LogP) is 3.95. The normalized spacial score (nSPS) is 30.6. The van der Waals surface area contributed by atoms with Crippen LogP contribution in [0, 0.1) is 23.7 Å². The first kappa shape index (κ1) is 18.2. The fourth-order valence-electron chi connectivity index (χ4n) is 6.57. The first-order valence-electron chi connectivity index (χ1n) is 11.2. The van der Waals surface area contributed by atoms with Gasteiger partial charge in [-0.05, 0) is 73.8 Å². The highest BCUT2D eigenvalue weighted by atomic mass is 16.3. The number of benzene rings is 1. The van der Waals surface area contributed by atoms with E-state index in [9.17, 15) is 4.79 Å². The number of rotatable bonds is 5. The molecule has 3 aromatic rings. The quantitative estimate of drug-likeness (QED) is 0.600. The molecule has 1 unspecified atom stereocenters. The van der Waals surface area contributed by atoms with Crippen molar-refractivity contribution < 1.29 is 9.21 Å². The molecule has 4 bridgehead atoms. The van der Waals surface area contributed by atoms with E-state index in [4.69, 9.17) is 10.2 Å². The molecule has 4 aliphatic rings. The van der Waals surface area contributed by atoms with Crippen molar-refractivity contribution in [3.05, 3.63) is 53.9 Å². The van der Waals surface area contributed by atoms with Crippen LogP contribution in [0.1, 0.15) is 60.1 Å². The van der Waals surface area contributed by atoms with Crippen LogP contribution < -0.4 is 11.1 Å². The molecule has 0 radical (unpaired) electrons. The van der Waals surface area contributed by atoms with Gasteiger partial charge in [-0.3, -0.25) is 4.79 Å². The lowest BCUT2D eigenvalue weighted by atomic mass is 9.54. The first-order chi connectivity index (χ1) is 14.6. The molecule has 0 spiro atoms. The highest BCUT2D eigenvalue weighted by Gasteiger charge is 2.48. The molecule has 1 atom stereocenters. The number of aromatic nitrogens is 2. The number of hydrogen-bond acceptors (Lipinski definition) is 4. The Kier molecular flexibility index (Phi) is 4.23. The molecule has 156 valence electrons. The van der Waals surface area contributed by atoms with Crippen molar-refractivity contribution in [3.63, 3.8) is 0 Å². The van der Waals surface area contributed by atoms with E-state index in [1.165, 1.54) is 38.4 Å². The predicted molar refractivity (Wildman–Crippen MR) is 114 cm³/mol. The second kappa shape index (κ2) is 6.98. The van der Waals surface area contributed by atoms with Crippen molar-refractivity contribution in [2.75, 3.05) is 0 Å². The molecule has 4 fully saturated rings. The number of para-hydroxylation sites is 1. The molecule has 6 nitrogen and oxygen atoms in total. The highest BCUT2D eigenvalue weighted by Crippen LogP contribution is 2.53. The van der Waals surface area contributed by atoms with Crippen molar-refractivity contribution in [3.8, 4) is 0 Å². The van der Waals surface area contributed by atoms with Crippen molar-refractivity contribution >= 4 is 16.8 Å². The fourth-order valence-corrected chi connectivity index (χ4v) is 6.57. The molecular weight excluding hydrogens is 376 g/mol. The van der Waals surface area contributed by atoms with E-state index in [-0.39, 0.29) is 5.91 Å². The maximum atomic E-state index is 12.9. The van der Waals surface area contributed by atoms with Crippen molar-refractivity contribution in [2.24, 2.45) is 29.4 Å². The third kappa shape index (κ3) is 3.05. The summed E-state index contributed by atoms with van der Waals surface area (Å²) in [5.41, 5.74) is 8.92. The summed E-state index contributed by atoms with van der Waals surface area (Å²) >= 11 is 0. The van der Waals surface area contributed by atoms with E-state index in [1.807, 2.05) is 24.4 Å². The number of nitrogens with one attached hydrogen (secondary N) is 2. The van der Waals surface area contributed by atoms with Crippen LogP contribution >= 0.6 is 0 Å². The lowest BCUT2D eigenvalue weighted by Gasteiger charge is -2.54. The van der Waals surface area contributed by atoms with Gasteiger partial charge in [0.15, 0.2) is 5.69 Å². The average Bonchev–Trinajstić information content (AvgIpc) is 3.38. The van der Waals surface area contributed by atoms with Gasteiger partial charge in [0.1, 0.15) is 6.26 Å². The minimum atomic E-state index is -0.396. The van der Waals surface area contributed by atoms with Crippen LogP contribution in [0.4, 0.5) is 0 Å². The Morgan fingerprint density at radius 2 is 1.90 bits per heavy atom. The number of carbonyl (C=O) groups excluding carboxylic acids is 1. The smallest absolute Gasteiger partial charge is 0.273 e. The summed E-state index contributed by atoms with van der Waals surface area (Å²) in [6.07, 6.45) is 10.5. The van der Waals surface area contributed by atoms with Crippen LogP contribution in [0.2, 0.25) is 0 Å². The van der Waals surface area contributed by atoms with Crippen LogP contribution in [0.3, 0.4) is 0 Å². The van der Waals surface area contributed by atoms with Gasteiger partial charge in [0.25, 0.3) is 5.91 Å². The molecule has 4 saturated carbocycles. The molecule has 1 aromatic carbocycles. The van der Waals surface area contributed by atoms with Crippen LogP contribution in [0.25, 0.3) is 10.9 Å². The van der Waals surface area contributed by atoms with Gasteiger partial charge in [0.05, 0.1) is 6.04 Å². The number of hydrogen-bond donors (Lipinski definition) is 3. The van der Waals surface area contributed by atoms with Gasteiger partial charge in [-0.15, -0.1) is 0 Å². The summed E-state index contributed by atoms with van der Waals surface area (Å²) in [6.45, 7) is 0. The minimum absolute atomic E-state index is 0.123. The van der Waals surface area contributed by atoms with E-state index in [1.54, 1.807) is 0 Å². The van der Waals surface area contributed by atoms with Gasteiger partial charge >= 0.3 is 0 Å². The monoisotopic (exact) mass is 404 g/mol. The van der Waals surface area contributed by atoms with E-state index < -0.39 is 6.04 Å². The Bertz CT molecular complexity index is 1060. The molecular formula is C24H28N4O2. The zero-order valence-electron chi connectivity index (χ0n) is 17.0. The number of carbonyl (C=O) groups is 1. The SMILES string of the molecule is NC(Cc1c[nH]c2ccccc12)c1nc(C(=O)NC2C3CC4CC(C3)CC2C4)co1. The van der Waals surface area contributed by atoms with Gasteiger partial charge in [0.2, 0.25) is 5.89 Å². The van der Waals surface area contributed by atoms with Crippen LogP contribution in [-0.4, -0.2) is 21.9 Å². The number of oxazole rings is 1. The molecule has 0 saturated heterocycles. The van der Waals surface area contributed by atoms with Gasteiger partial charge in [-0.25, -0.2) is 4.98 Å². The summed E-state index contributed by atoms with van der Waals surface area (Å²) in [7, 11) is 0. The van der Waals surface area contributed by atoms with Crippen LogP contribution in [0.15, 0.2) is 41.1 Å². The number of amides is 1. The van der Waals surface area contributed by atoms with E-state index in [0.717, 1.165) is 28.3 Å². The Balaban J connectivity index is 1.14. The molecule has 6 heteroatoms. The number of fused-ring (bicyclic) bond motifs is 1. The summed E-state index contributed by atoms with van der Waals surface area (Å²) in [5, 5.41) is 4.45. The standard InChI is InChI=1S/C24H28N4O2/c25-19(10-17-11-26-20-4-2-1-3-18(17)20)24-27-21(12-30-24)23(29)28-22-15-6-13-5-14(8-15)9-16(22)7-13/h1-4,11-16,19,22,26H,5-10,25H2,(H,28,29). The molecule has 4 N–H and O–H groups in total. The van der Waals surface area contributed by atoms with Crippen LogP contribution in [0.5, 0.6) is 0 Å². The Labute approximate surface area is 175 Å². The maximum Gasteiger partial charge on any atom is 0.273 e. The molecule has 2 heterocycles. The van der Waals surface area contributed by atoms with Crippen molar-refractivity contribution in [1.82, 2.24) is 15.3 Å². The maximum absolute atomic E-state index is 12.9. The van der Waals surface area contributed by atoms with Crippen LogP contribution in [-0.2, 0) is 6.42 Å². The molecule has 0 aliphatic heterocycles. The summed E-state index contributed by atoms with van der Waals surface area (Å²) in [5.74, 6) is 3.35. The number of H-pyrrole nitrogens is 1. The fraction of sp³-hybridized carbons (Fsp3) is 0.500. The number of nitrogens with zero attached hydrogens (tertiary/aromatic N) is 1. The third-order valence-corrected chi connectivity index (χ3v) is 7.71. The van der Waals surface area contributed by atoms with Crippen molar-refractivity contribution in [1.29, 1.82) is 0 Å². The van der Waals surface area contributed by atoms with Gasteiger partial charge < -0.3 is 20.5 Å². The zero-order valence-corrected chi connectivity index (χ0v) is 17.0. The zero-order chi connectivity index (χ0) is 20.2. The largest absolute Gasteiger partial charge is 0.446 e. The Hall–Kier alpha value is -2.60. The highest BCUT2D eigenvalue weighted by molar-refractivity contribution is 5.92. The molecule has 30 heavy (non-hydrogen) atoms. The van der Waals surface area contributed by atoms with E-state index in [0.29, 0.717) is 35.9 Å². The average molecular weight is 405 g/mol. The molecule has 4 aliphatic carbocycles. The second-order valence-corrected chi connectivity index (χ2v) is 9.67. The Morgan fingerprint density at radius 3 is 2.67 bits per heavy atom. The lowest BCUT2D eigenvalue weighted by Crippen LogP contribution is -2.55. The molecule has 7 rings (SSSR count). The van der Waals surface area contributed by atoms with E-state index in [2.05, 4.69) is 21.4 Å². The lowest BCUT2D eigenvalue weighted by molar-refractivity contribution is -0.0120. The minimum Gasteiger partial charge on any atom is -0.446 e. The second-order valence-electron chi connectivity index (χ2n) is 9.67. The van der Waals surface area contributed by atoms with E-state index >= 15 is 0 Å². The summed E-state index contributed by atoms with van der Waals surface area (Å²) in [6, 6.07) is 8.04. The number of aromatic amines is 1. The van der Waals surface area contributed by atoms with Crippen molar-refractivity contribution in [2.45, 2.75) is 50.6 Å². The Morgan fingerprint density at radius 1 is 1.17 bits per heavy atom. The van der Waals surface area contributed by atoms with Gasteiger partial charge in [-0.2, -0.15) is 0 Å².